The highest BCUT2D eigenvalue weighted by Gasteiger charge is 1.98. The normalized spacial score (nSPS) is 8.55. The Bertz CT molecular complexity index is 242. The van der Waals surface area contributed by atoms with Gasteiger partial charge in [-0.2, -0.15) is 0 Å². The molecule has 1 rings (SSSR count). The van der Waals surface area contributed by atoms with Gasteiger partial charge >= 0.3 is 0 Å². The summed E-state index contributed by atoms with van der Waals surface area (Å²) in [4.78, 5) is 0. The van der Waals surface area contributed by atoms with Crippen molar-refractivity contribution in [2.75, 3.05) is 12.4 Å². The Balaban J connectivity index is 0.000001000. The molecular formula is C7H9ClFNO. The number of hydrogen-bond donors (Lipinski definition) is 2. The smallest absolute Gasteiger partial charge is 0.166 e. The van der Waals surface area contributed by atoms with Crippen LogP contribution in [0.2, 0.25) is 0 Å². The minimum Gasteiger partial charge on any atom is -0.505 e. The van der Waals surface area contributed by atoms with E-state index in [4.69, 9.17) is 5.11 Å². The molecule has 11 heavy (non-hydrogen) atoms. The van der Waals surface area contributed by atoms with Gasteiger partial charge in [0.15, 0.2) is 11.6 Å². The first kappa shape index (κ1) is 10.0. The fourth-order valence-corrected chi connectivity index (χ4v) is 0.662. The van der Waals surface area contributed by atoms with Gasteiger partial charge in [-0.15, -0.1) is 12.4 Å². The Hall–Kier alpha value is -0.960. The van der Waals surface area contributed by atoms with Gasteiger partial charge in [0.05, 0.1) is 0 Å². The molecule has 2 N–H and O–H groups in total. The molecule has 0 fully saturated rings. The van der Waals surface area contributed by atoms with Crippen LogP contribution in [0.3, 0.4) is 0 Å². The second kappa shape index (κ2) is 4.03. The summed E-state index contributed by atoms with van der Waals surface area (Å²) in [6.45, 7) is 0. The maximum absolute atomic E-state index is 12.5. The molecule has 4 heteroatoms. The first-order valence-corrected chi connectivity index (χ1v) is 2.90. The molecule has 0 spiro atoms. The van der Waals surface area contributed by atoms with Crippen LogP contribution in [-0.2, 0) is 0 Å². The monoisotopic (exact) mass is 177 g/mol. The molecule has 0 aliphatic heterocycles. The molecule has 62 valence electrons. The summed E-state index contributed by atoms with van der Waals surface area (Å²) in [5.41, 5.74) is 0.648. The first-order valence-electron chi connectivity index (χ1n) is 2.90. The van der Waals surface area contributed by atoms with E-state index in [1.807, 2.05) is 0 Å². The van der Waals surface area contributed by atoms with Crippen molar-refractivity contribution in [3.63, 3.8) is 0 Å². The van der Waals surface area contributed by atoms with Crippen LogP contribution in [0.1, 0.15) is 0 Å². The van der Waals surface area contributed by atoms with Crippen LogP contribution >= 0.6 is 12.4 Å². The van der Waals surface area contributed by atoms with Crippen molar-refractivity contribution in [3.05, 3.63) is 24.0 Å². The van der Waals surface area contributed by atoms with E-state index in [2.05, 4.69) is 5.32 Å². The summed E-state index contributed by atoms with van der Waals surface area (Å²) in [6, 6.07) is 4.13. The molecule has 0 radical (unpaired) electrons. The van der Waals surface area contributed by atoms with E-state index >= 15 is 0 Å². The third-order valence-electron chi connectivity index (χ3n) is 1.24. The predicted molar refractivity (Wildman–Crippen MR) is 44.9 cm³/mol. The zero-order valence-electron chi connectivity index (χ0n) is 5.97. The number of rotatable bonds is 1. The lowest BCUT2D eigenvalue weighted by Gasteiger charge is -1.99. The van der Waals surface area contributed by atoms with Gasteiger partial charge in [-0.1, -0.05) is 0 Å². The van der Waals surface area contributed by atoms with Gasteiger partial charge in [-0.3, -0.25) is 0 Å². The summed E-state index contributed by atoms with van der Waals surface area (Å²) in [5.74, 6) is -0.925. The molecule has 0 saturated carbocycles. The summed E-state index contributed by atoms with van der Waals surface area (Å²) < 4.78 is 12.5. The van der Waals surface area contributed by atoms with Crippen molar-refractivity contribution in [2.24, 2.45) is 0 Å². The summed E-state index contributed by atoms with van der Waals surface area (Å²) >= 11 is 0. The van der Waals surface area contributed by atoms with Gasteiger partial charge in [-0.25, -0.2) is 4.39 Å². The lowest BCUT2D eigenvalue weighted by Crippen LogP contribution is -1.87. The Morgan fingerprint density at radius 2 is 2.09 bits per heavy atom. The summed E-state index contributed by atoms with van der Waals surface area (Å²) in [6.07, 6.45) is 0. The number of anilines is 1. The molecular weight excluding hydrogens is 169 g/mol. The van der Waals surface area contributed by atoms with Crippen molar-refractivity contribution in [1.29, 1.82) is 0 Å². The van der Waals surface area contributed by atoms with Crippen LogP contribution in [0.5, 0.6) is 5.75 Å². The number of phenols is 1. The van der Waals surface area contributed by atoms with Crippen molar-refractivity contribution < 1.29 is 9.50 Å². The lowest BCUT2D eigenvalue weighted by molar-refractivity contribution is 0.432. The predicted octanol–water partition coefficient (Wildman–Crippen LogP) is 1.99. The third-order valence-corrected chi connectivity index (χ3v) is 1.24. The number of hydrogen-bond acceptors (Lipinski definition) is 2. The van der Waals surface area contributed by atoms with E-state index in [0.29, 0.717) is 5.69 Å². The Labute approximate surface area is 70.5 Å². The third kappa shape index (κ3) is 2.27. The van der Waals surface area contributed by atoms with Crippen LogP contribution in [0, 0.1) is 5.82 Å². The van der Waals surface area contributed by atoms with E-state index in [-0.39, 0.29) is 18.2 Å². The van der Waals surface area contributed by atoms with Gasteiger partial charge < -0.3 is 10.4 Å². The fourth-order valence-electron chi connectivity index (χ4n) is 0.662. The zero-order chi connectivity index (χ0) is 7.56. The van der Waals surface area contributed by atoms with E-state index in [1.54, 1.807) is 13.1 Å². The topological polar surface area (TPSA) is 32.3 Å². The molecule has 0 aromatic heterocycles. The molecule has 0 unspecified atom stereocenters. The van der Waals surface area contributed by atoms with Crippen LogP contribution in [0.25, 0.3) is 0 Å². The molecule has 0 atom stereocenters. The van der Waals surface area contributed by atoms with Gasteiger partial charge in [0.25, 0.3) is 0 Å². The standard InChI is InChI=1S/C7H8FNO.ClH/c1-9-5-2-3-7(10)6(8)4-5;/h2-4,9-10H,1H3;1H. The summed E-state index contributed by atoms with van der Waals surface area (Å²) in [5, 5.41) is 11.5. The Morgan fingerprint density at radius 1 is 1.45 bits per heavy atom. The van der Waals surface area contributed by atoms with Crippen LogP contribution in [-0.4, -0.2) is 12.2 Å². The molecule has 0 saturated heterocycles. The van der Waals surface area contributed by atoms with Gasteiger partial charge in [0, 0.05) is 18.8 Å². The average molecular weight is 178 g/mol. The van der Waals surface area contributed by atoms with Crippen molar-refractivity contribution in [1.82, 2.24) is 0 Å². The minimum atomic E-state index is -0.605. The molecule has 0 aliphatic carbocycles. The second-order valence-corrected chi connectivity index (χ2v) is 1.92. The first-order chi connectivity index (χ1) is 4.74. The van der Waals surface area contributed by atoms with Gasteiger partial charge in [-0.05, 0) is 12.1 Å². The van der Waals surface area contributed by atoms with Crippen molar-refractivity contribution >= 4 is 18.1 Å². The highest BCUT2D eigenvalue weighted by atomic mass is 35.5. The van der Waals surface area contributed by atoms with E-state index in [0.717, 1.165) is 0 Å². The Morgan fingerprint density at radius 3 is 2.55 bits per heavy atom. The van der Waals surface area contributed by atoms with Gasteiger partial charge in [0.2, 0.25) is 0 Å². The zero-order valence-corrected chi connectivity index (χ0v) is 6.78. The van der Waals surface area contributed by atoms with E-state index in [9.17, 15) is 4.39 Å². The minimum absolute atomic E-state index is 0. The fraction of sp³-hybridized carbons (Fsp3) is 0.143. The van der Waals surface area contributed by atoms with Crippen LogP contribution < -0.4 is 5.32 Å². The maximum Gasteiger partial charge on any atom is 0.166 e. The number of nitrogens with one attached hydrogen (secondary N) is 1. The number of benzene rings is 1. The molecule has 0 heterocycles. The van der Waals surface area contributed by atoms with E-state index < -0.39 is 5.82 Å². The quantitative estimate of drug-likeness (QED) is 0.643. The largest absolute Gasteiger partial charge is 0.505 e. The highest BCUT2D eigenvalue weighted by Crippen LogP contribution is 2.18. The Kier molecular flexibility index (Phi) is 3.68. The van der Waals surface area contributed by atoms with Crippen LogP contribution in [0.4, 0.5) is 10.1 Å². The lowest BCUT2D eigenvalue weighted by atomic mass is 10.3. The molecule has 1 aromatic carbocycles. The maximum atomic E-state index is 12.5. The number of aromatic hydroxyl groups is 1. The average Bonchev–Trinajstić information content (AvgIpc) is 1.95. The second-order valence-electron chi connectivity index (χ2n) is 1.92. The van der Waals surface area contributed by atoms with Crippen molar-refractivity contribution in [2.45, 2.75) is 0 Å². The molecule has 0 bridgehead atoms. The number of phenolic OH excluding ortho intramolecular Hbond substituents is 1. The van der Waals surface area contributed by atoms with E-state index in [1.165, 1.54) is 12.1 Å². The molecule has 1 aromatic rings. The molecule has 0 aliphatic rings. The molecule has 2 nitrogen and oxygen atoms in total. The van der Waals surface area contributed by atoms with Gasteiger partial charge in [0.1, 0.15) is 0 Å². The molecule has 0 amide bonds. The SMILES string of the molecule is CNc1ccc(O)c(F)c1.Cl. The van der Waals surface area contributed by atoms with Crippen LogP contribution in [0.15, 0.2) is 18.2 Å². The number of halogens is 2. The summed E-state index contributed by atoms with van der Waals surface area (Å²) in [7, 11) is 1.69. The highest BCUT2D eigenvalue weighted by molar-refractivity contribution is 5.85. The van der Waals surface area contributed by atoms with Crippen molar-refractivity contribution in [3.8, 4) is 5.75 Å².